The van der Waals surface area contributed by atoms with E-state index in [0.717, 1.165) is 5.82 Å². The first-order valence-corrected chi connectivity index (χ1v) is 49.5. The largest absolute Gasteiger partial charge is 0.394 e. The van der Waals surface area contributed by atoms with E-state index in [9.17, 15) is 0 Å². The predicted octanol–water partition coefficient (Wildman–Crippen LogP) is 22.8. The molecule has 3 atom stereocenters. The zero-order valence-corrected chi connectivity index (χ0v) is 77.0. The third kappa shape index (κ3) is 7.85. The lowest BCUT2D eigenvalue weighted by Crippen LogP contribution is -2.77. The Bertz CT molecular complexity index is 11300. The number of hydrogen-bond donors (Lipinski definition) is 0. The average Bonchev–Trinajstić information content (AvgIpc) is 1.42. The first kappa shape index (κ1) is 73.1. The van der Waals surface area contributed by atoms with Crippen LogP contribution in [0.15, 0.2) is 426 Å². The van der Waals surface area contributed by atoms with E-state index in [-0.39, 0.29) is 0 Å². The molecule has 0 fully saturated rings. The van der Waals surface area contributed by atoms with Gasteiger partial charge in [-0.3, -0.25) is 0 Å². The molecule has 12 aromatic carbocycles. The topological polar surface area (TPSA) is 80.9 Å². The highest BCUT2D eigenvalue weighted by Gasteiger charge is 2.73. The van der Waals surface area contributed by atoms with E-state index in [1.165, 1.54) is 272 Å². The molecule has 9 aliphatic heterocycles. The van der Waals surface area contributed by atoms with Gasteiger partial charge in [0, 0.05) is 113 Å². The molecule has 3 spiro atoms. The molecule has 18 heteroatoms. The van der Waals surface area contributed by atoms with Crippen molar-refractivity contribution >= 4 is 148 Å². The Hall–Kier alpha value is -19.2. The zero-order valence-electron chi connectivity index (χ0n) is 77.0. The minimum absolute atomic E-state index is 0.652. The van der Waals surface area contributed by atoms with Crippen LogP contribution in [-0.4, -0.2) is 54.7 Å². The monoisotopic (exact) mass is 1830 g/mol. The fourth-order valence-corrected chi connectivity index (χ4v) is 29.3. The van der Waals surface area contributed by atoms with Gasteiger partial charge in [0.25, 0.3) is 11.6 Å². The van der Waals surface area contributed by atoms with Crippen LogP contribution in [0.3, 0.4) is 0 Å². The number of benzene rings is 12. The van der Waals surface area contributed by atoms with E-state index in [4.69, 9.17) is 0 Å². The van der Waals surface area contributed by atoms with E-state index in [0.29, 0.717) is 0 Å². The summed E-state index contributed by atoms with van der Waals surface area (Å²) in [6, 6.07) is 134. The fourth-order valence-electron chi connectivity index (χ4n) is 29.3. The van der Waals surface area contributed by atoms with Crippen LogP contribution in [0.4, 0.5) is 0 Å². The Morgan fingerprint density at radius 1 is 0.245 bits per heavy atom. The Morgan fingerprint density at radius 3 is 1.15 bits per heavy atom. The van der Waals surface area contributed by atoms with Crippen molar-refractivity contribution in [1.29, 1.82) is 0 Å². The van der Waals surface area contributed by atoms with Gasteiger partial charge in [0.2, 0.25) is 18.1 Å². The maximum atomic E-state index is 2.63. The molecule has 18 aromatic heterocycles. The van der Waals surface area contributed by atoms with Gasteiger partial charge in [-0.1, -0.05) is 148 Å². The van der Waals surface area contributed by atoms with Gasteiger partial charge < -0.3 is 26.9 Å². The summed E-state index contributed by atoms with van der Waals surface area (Å²) >= 11 is 0. The van der Waals surface area contributed by atoms with Crippen molar-refractivity contribution in [3.8, 4) is 85.2 Å². The second kappa shape index (κ2) is 24.5. The predicted molar refractivity (Wildman–Crippen MR) is 558 cm³/mol. The van der Waals surface area contributed by atoms with Gasteiger partial charge in [-0.25, -0.2) is 0 Å². The zero-order chi connectivity index (χ0) is 92.3. The van der Waals surface area contributed by atoms with Crippen LogP contribution in [0.25, 0.3) is 233 Å². The number of aromatic nitrogens is 18. The van der Waals surface area contributed by atoms with Gasteiger partial charge in [0.15, 0.2) is 16.7 Å². The van der Waals surface area contributed by atoms with Crippen molar-refractivity contribution in [1.82, 2.24) is 54.7 Å². The smallest absolute Gasteiger partial charge is 0.316 e. The summed E-state index contributed by atoms with van der Waals surface area (Å²) in [7, 11) is 0. The highest BCUT2D eigenvalue weighted by atomic mass is 15.6. The lowest BCUT2D eigenvalue weighted by molar-refractivity contribution is -0.995. The lowest BCUT2D eigenvalue weighted by atomic mass is 9.82. The molecule has 3 unspecified atom stereocenters. The molecule has 0 saturated heterocycles. The Labute approximate surface area is 811 Å². The number of hydrogen-bond acceptors (Lipinski definition) is 0. The Kier molecular flexibility index (Phi) is 12.5. The van der Waals surface area contributed by atoms with Gasteiger partial charge >= 0.3 is 22.6 Å². The van der Waals surface area contributed by atoms with E-state index in [2.05, 4.69) is 522 Å². The molecule has 30 aromatic rings. The summed E-state index contributed by atoms with van der Waals surface area (Å²) in [6.45, 7) is 4.63. The minimum Gasteiger partial charge on any atom is -0.316 e. The molecule has 0 aliphatic carbocycles. The number of pyridine rings is 6. The summed E-state index contributed by atoms with van der Waals surface area (Å²) in [4.78, 5) is 0. The molecule has 9 aliphatic rings. The lowest BCUT2D eigenvalue weighted by Gasteiger charge is -2.33. The summed E-state index contributed by atoms with van der Waals surface area (Å²) in [5.41, 5.74) is 42.8. The quantitative estimate of drug-likeness (QED) is 0.158. The molecule has 0 radical (unpaired) electrons. The van der Waals surface area contributed by atoms with Crippen molar-refractivity contribution in [3.63, 3.8) is 0 Å². The highest BCUT2D eigenvalue weighted by molar-refractivity contribution is 6.23. The Morgan fingerprint density at radius 2 is 0.608 bits per heavy atom. The van der Waals surface area contributed by atoms with Gasteiger partial charge in [-0.2, -0.15) is 27.4 Å². The molecule has 18 nitrogen and oxygen atoms in total. The summed E-state index contributed by atoms with van der Waals surface area (Å²) in [5.74, 6) is 2.33. The number of rotatable bonds is 3. The standard InChI is InChI=1S/C43H28N6.2C41H24N6/c1-25-38(34-20-17-27-11-7-9-23-44(27)34)26(2)49-43-39-35(46-32-14-5-3-12-28(32)30-19-22-36(48(25)49)40(43)41(30)46)21-18-31-29-13-4-6-15-33(29)47(42(31)39)37-16-8-10-24-45(37)43;1-3-13-32-27(11-1)29-22-30-28-12-2-4-14-33(28)47-36-17-6-8-21-43(36)41-37-34(15-9-16-35(37)46(32)39(29)38(41)40(30)47)44-23-25(24-45(41)44)31-19-18-26-10-5-7-20-42(26)31;1-3-13-32-27(10-1)29-18-20-34-38-39(29)46(32)35-15-7-16-36-37(35)41(38,43-22-8-12-30-28-11-2-4-14-33(28)47(36)40(30)43)45-24-25(23-44(34)45)31-19-17-26-9-5-6-21-42(26)31/h3-24H,1-2H3;2*1-24H/q3*+2. The van der Waals surface area contributed by atoms with Crippen molar-refractivity contribution in [2.45, 2.75) is 30.8 Å². The number of fused-ring (bicyclic) bond motifs is 35. The van der Waals surface area contributed by atoms with Gasteiger partial charge in [-0.15, -0.1) is 14.0 Å². The molecule has 0 bridgehead atoms. The van der Waals surface area contributed by atoms with Crippen LogP contribution in [0.2, 0.25) is 0 Å². The molecular formula is C125H76N18+6. The fraction of sp³-hybridized carbons (Fsp3) is 0.0400. The average molecular weight is 1830 g/mol. The summed E-state index contributed by atoms with van der Waals surface area (Å²) < 4.78 is 44.7. The van der Waals surface area contributed by atoms with E-state index >= 15 is 0 Å². The summed E-state index contributed by atoms with van der Waals surface area (Å²) in [6.07, 6.45) is 22.8. The first-order valence-electron chi connectivity index (χ1n) is 49.5. The van der Waals surface area contributed by atoms with Crippen LogP contribution in [0, 0.1) is 13.8 Å². The molecule has 0 amide bonds. The maximum absolute atomic E-state index is 2.63. The summed E-state index contributed by atoms with van der Waals surface area (Å²) in [5, 5.41) is 15.4. The van der Waals surface area contributed by atoms with E-state index in [1.807, 2.05) is 0 Å². The molecule has 0 saturated carbocycles. The van der Waals surface area contributed by atoms with Crippen molar-refractivity contribution < 1.29 is 27.7 Å². The van der Waals surface area contributed by atoms with Crippen LogP contribution in [0.5, 0.6) is 0 Å². The van der Waals surface area contributed by atoms with Crippen molar-refractivity contribution in [3.05, 3.63) is 471 Å². The molecule has 27 heterocycles. The molecule has 143 heavy (non-hydrogen) atoms. The van der Waals surface area contributed by atoms with Gasteiger partial charge in [0.1, 0.15) is 67.0 Å². The third-order valence-corrected chi connectivity index (χ3v) is 34.2. The van der Waals surface area contributed by atoms with Crippen LogP contribution < -0.4 is 27.7 Å². The van der Waals surface area contributed by atoms with E-state index < -0.39 is 17.0 Å². The minimum atomic E-state index is -0.671. The van der Waals surface area contributed by atoms with Crippen molar-refractivity contribution in [2.75, 3.05) is 0 Å². The first-order chi connectivity index (χ1) is 70.9. The van der Waals surface area contributed by atoms with E-state index in [1.54, 1.807) is 0 Å². The second-order valence-corrected chi connectivity index (χ2v) is 40.2. The number of para-hydroxylation sites is 6. The van der Waals surface area contributed by atoms with Crippen LogP contribution in [-0.2, 0) is 17.0 Å². The highest BCUT2D eigenvalue weighted by Crippen LogP contribution is 2.61. The van der Waals surface area contributed by atoms with Gasteiger partial charge in [-0.05, 0) is 225 Å². The van der Waals surface area contributed by atoms with Gasteiger partial charge in [0.05, 0.1) is 126 Å². The number of nitrogens with zero attached hydrogens (tertiary/aromatic N) is 18. The third-order valence-electron chi connectivity index (χ3n) is 34.2. The maximum Gasteiger partial charge on any atom is 0.394 e. The second-order valence-electron chi connectivity index (χ2n) is 40.2. The van der Waals surface area contributed by atoms with Crippen molar-refractivity contribution in [2.24, 2.45) is 0 Å². The normalized spacial score (nSPS) is 16.5. The van der Waals surface area contributed by atoms with Crippen LogP contribution in [0.1, 0.15) is 44.8 Å². The molecular weight excluding hydrogens is 1750 g/mol. The Balaban J connectivity index is 0.0000000885. The molecule has 0 N–H and O–H groups in total. The van der Waals surface area contributed by atoms with Crippen LogP contribution >= 0.6 is 0 Å². The molecule has 39 rings (SSSR count). The SMILES string of the molecule is Cc1c(-c2ccc3ccccn23)c(C)[n+]2n1-c1ccc3c4ccccc4n4c3c1C21c2c-4ccc3c4ccccc4n(c23)-c2cccc[n+]21.c1cc2c3c(c1)-n1c4ccccc4c4ccc[n+](c41)C31c3c(ccc4c5ccccc5n-2c34)-n2cc(-c3ccc4ccccn34)c[n+]21.c1cc2c3c(c1)-n1cc(-c4ccc5ccccn45)c[n+]1C31c3c4c(cc5c6ccccc6n(c35)-c3cccc[n+]31)c1ccccc1n4-2. The molecule has 660 valence electrons.